The molecule has 1 heterocycles. The molecule has 0 amide bonds. The Morgan fingerprint density at radius 1 is 1.43 bits per heavy atom. The van der Waals surface area contributed by atoms with Gasteiger partial charge in [0.1, 0.15) is 0 Å². The first-order chi connectivity index (χ1) is 6.72. The van der Waals surface area contributed by atoms with Crippen LogP contribution in [-0.2, 0) is 0 Å². The Kier molecular flexibility index (Phi) is 5.45. The fourth-order valence-corrected chi connectivity index (χ4v) is 2.03. The fraction of sp³-hybridized carbons (Fsp3) is 1.00. The lowest BCUT2D eigenvalue weighted by Crippen LogP contribution is -2.36. The van der Waals surface area contributed by atoms with Gasteiger partial charge in [0.2, 0.25) is 0 Å². The van der Waals surface area contributed by atoms with Crippen LogP contribution in [0, 0.1) is 5.92 Å². The highest BCUT2D eigenvalue weighted by molar-refractivity contribution is 4.79. The molecule has 0 aromatic carbocycles. The second-order valence-corrected chi connectivity index (χ2v) is 4.62. The van der Waals surface area contributed by atoms with Crippen LogP contribution in [0.1, 0.15) is 39.5 Å². The average Bonchev–Trinajstić information content (AvgIpc) is 2.58. The first kappa shape index (κ1) is 12.0. The van der Waals surface area contributed by atoms with Crippen molar-refractivity contribution >= 4 is 0 Å². The summed E-state index contributed by atoms with van der Waals surface area (Å²) in [6.45, 7) is 7.77. The summed E-state index contributed by atoms with van der Waals surface area (Å²) in [5.74, 6) is 6.73. The number of hydrazine groups is 1. The highest BCUT2D eigenvalue weighted by atomic mass is 15.4. The molecule has 0 aliphatic carbocycles. The number of nitrogens with one attached hydrogen (secondary N) is 1. The highest BCUT2D eigenvalue weighted by Gasteiger charge is 2.20. The lowest BCUT2D eigenvalue weighted by Gasteiger charge is -2.18. The summed E-state index contributed by atoms with van der Waals surface area (Å²) in [5.41, 5.74) is 0. The van der Waals surface area contributed by atoms with Gasteiger partial charge in [-0.2, -0.15) is 0 Å². The van der Waals surface area contributed by atoms with Gasteiger partial charge in [-0.25, -0.2) is 5.01 Å². The molecule has 1 rings (SSSR count). The smallest absolute Gasteiger partial charge is 0.0143 e. The van der Waals surface area contributed by atoms with E-state index in [1.807, 2.05) is 5.01 Å². The molecule has 0 saturated carbocycles. The first-order valence-electron chi connectivity index (χ1n) is 5.95. The zero-order chi connectivity index (χ0) is 10.4. The van der Waals surface area contributed by atoms with Crippen LogP contribution in [0.2, 0.25) is 0 Å². The normalized spacial score (nSPS) is 27.4. The van der Waals surface area contributed by atoms with E-state index in [4.69, 9.17) is 5.84 Å². The second kappa shape index (κ2) is 6.38. The largest absolute Gasteiger partial charge is 0.314 e. The van der Waals surface area contributed by atoms with Crippen molar-refractivity contribution in [3.63, 3.8) is 0 Å². The molecule has 1 aliphatic heterocycles. The van der Waals surface area contributed by atoms with Crippen molar-refractivity contribution in [2.24, 2.45) is 11.8 Å². The van der Waals surface area contributed by atoms with Crippen molar-refractivity contribution in [1.29, 1.82) is 0 Å². The van der Waals surface area contributed by atoms with Crippen LogP contribution in [-0.4, -0.2) is 30.7 Å². The minimum Gasteiger partial charge on any atom is -0.314 e. The number of hydrogen-bond acceptors (Lipinski definition) is 3. The number of hydrogen-bond donors (Lipinski definition) is 2. The van der Waals surface area contributed by atoms with E-state index in [1.54, 1.807) is 0 Å². The maximum Gasteiger partial charge on any atom is 0.0143 e. The predicted octanol–water partition coefficient (Wildman–Crippen LogP) is 1.35. The van der Waals surface area contributed by atoms with Crippen LogP contribution >= 0.6 is 0 Å². The van der Waals surface area contributed by atoms with Gasteiger partial charge in [0.05, 0.1) is 0 Å². The van der Waals surface area contributed by atoms with E-state index < -0.39 is 0 Å². The first-order valence-corrected chi connectivity index (χ1v) is 5.95. The molecule has 0 spiro atoms. The van der Waals surface area contributed by atoms with Crippen LogP contribution in [0.3, 0.4) is 0 Å². The minimum absolute atomic E-state index is 0.706. The van der Waals surface area contributed by atoms with Crippen LogP contribution in [0.5, 0.6) is 0 Å². The topological polar surface area (TPSA) is 41.3 Å². The molecular formula is C11H25N3. The SMILES string of the molecule is CCCCN(N)CCC1CC(C)CN1. The average molecular weight is 199 g/mol. The Labute approximate surface area is 88.0 Å². The van der Waals surface area contributed by atoms with Crippen molar-refractivity contribution in [2.75, 3.05) is 19.6 Å². The summed E-state index contributed by atoms with van der Waals surface area (Å²) in [7, 11) is 0. The molecule has 0 aromatic rings. The summed E-state index contributed by atoms with van der Waals surface area (Å²) in [5, 5.41) is 5.50. The third-order valence-corrected chi connectivity index (χ3v) is 3.01. The molecule has 0 radical (unpaired) electrons. The monoisotopic (exact) mass is 199 g/mol. The Bertz CT molecular complexity index is 149. The Morgan fingerprint density at radius 2 is 2.21 bits per heavy atom. The van der Waals surface area contributed by atoms with Crippen LogP contribution in [0.15, 0.2) is 0 Å². The molecule has 3 N–H and O–H groups in total. The van der Waals surface area contributed by atoms with E-state index in [9.17, 15) is 0 Å². The molecule has 1 saturated heterocycles. The summed E-state index contributed by atoms with van der Waals surface area (Å²) >= 11 is 0. The number of nitrogens with zero attached hydrogens (tertiary/aromatic N) is 1. The molecule has 1 fully saturated rings. The number of unbranched alkanes of at least 4 members (excludes halogenated alkanes) is 1. The predicted molar refractivity (Wildman–Crippen MR) is 60.9 cm³/mol. The molecule has 0 bridgehead atoms. The summed E-state index contributed by atoms with van der Waals surface area (Å²) < 4.78 is 0. The van der Waals surface area contributed by atoms with E-state index in [0.717, 1.165) is 19.0 Å². The van der Waals surface area contributed by atoms with Crippen molar-refractivity contribution in [2.45, 2.75) is 45.6 Å². The Hall–Kier alpha value is -0.120. The molecule has 14 heavy (non-hydrogen) atoms. The van der Waals surface area contributed by atoms with E-state index in [2.05, 4.69) is 19.2 Å². The van der Waals surface area contributed by atoms with E-state index in [1.165, 1.54) is 32.2 Å². The highest BCUT2D eigenvalue weighted by Crippen LogP contribution is 2.15. The Balaban J connectivity index is 2.02. The lowest BCUT2D eigenvalue weighted by atomic mass is 10.1. The molecule has 84 valence electrons. The molecule has 1 aliphatic rings. The van der Waals surface area contributed by atoms with Crippen molar-refractivity contribution in [3.8, 4) is 0 Å². The van der Waals surface area contributed by atoms with Crippen LogP contribution in [0.25, 0.3) is 0 Å². The van der Waals surface area contributed by atoms with Crippen LogP contribution in [0.4, 0.5) is 0 Å². The summed E-state index contributed by atoms with van der Waals surface area (Å²) in [6.07, 6.45) is 4.96. The van der Waals surface area contributed by atoms with Crippen molar-refractivity contribution in [1.82, 2.24) is 10.3 Å². The van der Waals surface area contributed by atoms with Crippen molar-refractivity contribution in [3.05, 3.63) is 0 Å². The fourth-order valence-electron chi connectivity index (χ4n) is 2.03. The summed E-state index contributed by atoms with van der Waals surface area (Å²) in [4.78, 5) is 0. The maximum atomic E-state index is 5.88. The standard InChI is InChI=1S/C11H25N3/c1-3-4-6-14(12)7-5-11-8-10(2)9-13-11/h10-11,13H,3-9,12H2,1-2H3. The zero-order valence-corrected chi connectivity index (χ0v) is 9.63. The van der Waals surface area contributed by atoms with Crippen molar-refractivity contribution < 1.29 is 0 Å². The zero-order valence-electron chi connectivity index (χ0n) is 9.63. The van der Waals surface area contributed by atoms with Crippen LogP contribution < -0.4 is 11.2 Å². The van der Waals surface area contributed by atoms with Gasteiger partial charge in [-0.05, 0) is 31.7 Å². The molecular weight excluding hydrogens is 174 g/mol. The molecule has 0 aromatic heterocycles. The van der Waals surface area contributed by atoms with Gasteiger partial charge in [-0.1, -0.05) is 20.3 Å². The Morgan fingerprint density at radius 3 is 2.79 bits per heavy atom. The van der Waals surface area contributed by atoms with Gasteiger partial charge >= 0.3 is 0 Å². The molecule has 3 nitrogen and oxygen atoms in total. The minimum atomic E-state index is 0.706. The third kappa shape index (κ3) is 4.40. The van der Waals surface area contributed by atoms with Gasteiger partial charge in [-0.15, -0.1) is 0 Å². The third-order valence-electron chi connectivity index (χ3n) is 3.01. The van der Waals surface area contributed by atoms with Gasteiger partial charge < -0.3 is 5.32 Å². The van der Waals surface area contributed by atoms with E-state index in [-0.39, 0.29) is 0 Å². The number of nitrogens with two attached hydrogens (primary N) is 1. The molecule has 2 unspecified atom stereocenters. The van der Waals surface area contributed by atoms with E-state index in [0.29, 0.717) is 6.04 Å². The lowest BCUT2D eigenvalue weighted by molar-refractivity contribution is 0.263. The van der Waals surface area contributed by atoms with E-state index >= 15 is 0 Å². The number of rotatable bonds is 6. The molecule has 3 heteroatoms. The van der Waals surface area contributed by atoms with Gasteiger partial charge in [0, 0.05) is 19.1 Å². The quantitative estimate of drug-likeness (QED) is 0.501. The van der Waals surface area contributed by atoms with Gasteiger partial charge in [-0.3, -0.25) is 5.84 Å². The molecule has 2 atom stereocenters. The van der Waals surface area contributed by atoms with Gasteiger partial charge in [0.15, 0.2) is 0 Å². The summed E-state index contributed by atoms with van der Waals surface area (Å²) in [6, 6.07) is 0.706. The second-order valence-electron chi connectivity index (χ2n) is 4.62. The van der Waals surface area contributed by atoms with Gasteiger partial charge in [0.25, 0.3) is 0 Å². The maximum absolute atomic E-state index is 5.88.